The lowest BCUT2D eigenvalue weighted by Gasteiger charge is -2.32. The number of hydrogen-bond donors (Lipinski definition) is 0. The van der Waals surface area contributed by atoms with E-state index in [4.69, 9.17) is 18.9 Å². The molecule has 1 spiro atoms. The Morgan fingerprint density at radius 2 is 1.50 bits per heavy atom. The third kappa shape index (κ3) is 1.80. The molecular weight excluding hydrogens is 208 g/mol. The van der Waals surface area contributed by atoms with Crippen LogP contribution in [-0.4, -0.2) is 31.2 Å². The van der Waals surface area contributed by atoms with Gasteiger partial charge in [0.15, 0.2) is 5.79 Å². The first kappa shape index (κ1) is 10.4. The molecule has 2 heterocycles. The molecule has 16 heavy (non-hydrogen) atoms. The highest BCUT2D eigenvalue weighted by Gasteiger charge is 2.49. The van der Waals surface area contributed by atoms with Gasteiger partial charge in [-0.05, 0) is 19.4 Å². The van der Waals surface area contributed by atoms with Gasteiger partial charge >= 0.3 is 0 Å². The van der Waals surface area contributed by atoms with Crippen LogP contribution in [0.15, 0.2) is 12.5 Å². The lowest BCUT2D eigenvalue weighted by Crippen LogP contribution is -2.34. The molecule has 4 nitrogen and oxygen atoms in total. The van der Waals surface area contributed by atoms with Crippen LogP contribution < -0.4 is 0 Å². The Hall–Kier alpha value is -0.740. The molecule has 4 heteroatoms. The van der Waals surface area contributed by atoms with Crippen LogP contribution in [0.1, 0.15) is 32.1 Å². The van der Waals surface area contributed by atoms with Crippen molar-refractivity contribution < 1.29 is 18.9 Å². The van der Waals surface area contributed by atoms with E-state index in [1.807, 2.05) is 0 Å². The lowest BCUT2D eigenvalue weighted by molar-refractivity contribution is -0.203. The fraction of sp³-hybridized carbons (Fsp3) is 0.833. The minimum atomic E-state index is -0.348. The van der Waals surface area contributed by atoms with E-state index < -0.39 is 0 Å². The fourth-order valence-corrected chi connectivity index (χ4v) is 2.73. The van der Waals surface area contributed by atoms with Gasteiger partial charge in [-0.1, -0.05) is 6.42 Å². The maximum atomic E-state index is 6.05. The smallest absolute Gasteiger partial charge is 0.271 e. The summed E-state index contributed by atoms with van der Waals surface area (Å²) in [6, 6.07) is 0. The SMILES string of the molecule is C=C1OCC2OC3(CCCCC3)OC2CO1. The van der Waals surface area contributed by atoms with Gasteiger partial charge in [0.2, 0.25) is 0 Å². The molecule has 0 aromatic carbocycles. The first-order valence-electron chi connectivity index (χ1n) is 6.08. The van der Waals surface area contributed by atoms with Crippen molar-refractivity contribution in [2.24, 2.45) is 0 Å². The van der Waals surface area contributed by atoms with Crippen LogP contribution in [0, 0.1) is 0 Å². The summed E-state index contributed by atoms with van der Waals surface area (Å²) in [7, 11) is 0. The van der Waals surface area contributed by atoms with E-state index in [1.165, 1.54) is 19.3 Å². The van der Waals surface area contributed by atoms with Crippen molar-refractivity contribution in [3.8, 4) is 0 Å². The van der Waals surface area contributed by atoms with Crippen molar-refractivity contribution in [3.63, 3.8) is 0 Å². The zero-order chi connectivity index (χ0) is 11.0. The monoisotopic (exact) mass is 226 g/mol. The predicted octanol–water partition coefficient (Wildman–Crippen LogP) is 1.95. The van der Waals surface area contributed by atoms with Gasteiger partial charge in [0.05, 0.1) is 0 Å². The van der Waals surface area contributed by atoms with Crippen molar-refractivity contribution in [3.05, 3.63) is 12.5 Å². The molecule has 3 fully saturated rings. The number of fused-ring (bicyclic) bond motifs is 1. The summed E-state index contributed by atoms with van der Waals surface area (Å²) in [6.07, 6.45) is 5.66. The normalized spacial score (nSPS) is 37.4. The molecule has 2 unspecified atom stereocenters. The summed E-state index contributed by atoms with van der Waals surface area (Å²) < 4.78 is 22.8. The Morgan fingerprint density at radius 3 is 2.06 bits per heavy atom. The molecule has 0 aromatic rings. The van der Waals surface area contributed by atoms with Crippen LogP contribution in [0.25, 0.3) is 0 Å². The molecule has 3 rings (SSSR count). The molecular formula is C12H18O4. The third-order valence-electron chi connectivity index (χ3n) is 3.58. The molecule has 2 aliphatic heterocycles. The molecule has 2 atom stereocenters. The van der Waals surface area contributed by atoms with E-state index in [2.05, 4.69) is 6.58 Å². The maximum absolute atomic E-state index is 6.05. The highest BCUT2D eigenvalue weighted by atomic mass is 16.8. The van der Waals surface area contributed by atoms with E-state index >= 15 is 0 Å². The number of rotatable bonds is 0. The molecule has 0 aromatic heterocycles. The van der Waals surface area contributed by atoms with Gasteiger partial charge in [-0.3, -0.25) is 0 Å². The second kappa shape index (κ2) is 3.93. The third-order valence-corrected chi connectivity index (χ3v) is 3.58. The molecule has 0 N–H and O–H groups in total. The van der Waals surface area contributed by atoms with Gasteiger partial charge < -0.3 is 18.9 Å². The van der Waals surface area contributed by atoms with Crippen molar-refractivity contribution in [2.45, 2.75) is 50.1 Å². The van der Waals surface area contributed by atoms with E-state index in [-0.39, 0.29) is 18.0 Å². The molecule has 2 saturated heterocycles. The molecule has 0 bridgehead atoms. The van der Waals surface area contributed by atoms with Gasteiger partial charge in [-0.2, -0.15) is 0 Å². The topological polar surface area (TPSA) is 36.9 Å². The quantitative estimate of drug-likeness (QED) is 0.632. The fourth-order valence-electron chi connectivity index (χ4n) is 2.73. The van der Waals surface area contributed by atoms with E-state index in [1.54, 1.807) is 0 Å². The van der Waals surface area contributed by atoms with Gasteiger partial charge in [0.25, 0.3) is 5.95 Å². The van der Waals surface area contributed by atoms with Crippen LogP contribution in [0.2, 0.25) is 0 Å². The van der Waals surface area contributed by atoms with Crippen LogP contribution >= 0.6 is 0 Å². The molecule has 1 aliphatic carbocycles. The average molecular weight is 226 g/mol. The summed E-state index contributed by atoms with van der Waals surface area (Å²) >= 11 is 0. The minimum Gasteiger partial charge on any atom is -0.463 e. The van der Waals surface area contributed by atoms with E-state index in [9.17, 15) is 0 Å². The zero-order valence-electron chi connectivity index (χ0n) is 9.44. The van der Waals surface area contributed by atoms with Crippen LogP contribution in [0.3, 0.4) is 0 Å². The van der Waals surface area contributed by atoms with Crippen LogP contribution in [-0.2, 0) is 18.9 Å². The lowest BCUT2D eigenvalue weighted by atomic mass is 9.94. The second-order valence-electron chi connectivity index (χ2n) is 4.78. The summed E-state index contributed by atoms with van der Waals surface area (Å²) in [5, 5.41) is 0. The Morgan fingerprint density at radius 1 is 0.938 bits per heavy atom. The maximum Gasteiger partial charge on any atom is 0.271 e. The van der Waals surface area contributed by atoms with Gasteiger partial charge in [0, 0.05) is 12.8 Å². The molecule has 0 radical (unpaired) electrons. The van der Waals surface area contributed by atoms with Crippen molar-refractivity contribution >= 4 is 0 Å². The molecule has 3 aliphatic rings. The summed E-state index contributed by atoms with van der Waals surface area (Å²) in [4.78, 5) is 0. The average Bonchev–Trinajstić information content (AvgIpc) is 2.54. The summed E-state index contributed by atoms with van der Waals surface area (Å²) in [5.74, 6) is 0.0261. The molecule has 90 valence electrons. The summed E-state index contributed by atoms with van der Waals surface area (Å²) in [5.41, 5.74) is 0. The van der Waals surface area contributed by atoms with Crippen LogP contribution in [0.4, 0.5) is 0 Å². The minimum absolute atomic E-state index is 0.00245. The first-order chi connectivity index (χ1) is 7.77. The molecule has 0 amide bonds. The van der Waals surface area contributed by atoms with Crippen LogP contribution in [0.5, 0.6) is 0 Å². The number of ether oxygens (including phenoxy) is 4. The summed E-state index contributed by atoms with van der Waals surface area (Å²) in [6.45, 7) is 4.63. The highest BCUT2D eigenvalue weighted by Crippen LogP contribution is 2.41. The first-order valence-corrected chi connectivity index (χ1v) is 6.08. The van der Waals surface area contributed by atoms with Crippen molar-refractivity contribution in [2.75, 3.05) is 13.2 Å². The predicted molar refractivity (Wildman–Crippen MR) is 56.6 cm³/mol. The zero-order valence-corrected chi connectivity index (χ0v) is 9.44. The Balaban J connectivity index is 1.69. The Kier molecular flexibility index (Phi) is 2.56. The Bertz CT molecular complexity index is 263. The van der Waals surface area contributed by atoms with Crippen molar-refractivity contribution in [1.29, 1.82) is 0 Å². The van der Waals surface area contributed by atoms with E-state index in [0.29, 0.717) is 19.2 Å². The second-order valence-corrected chi connectivity index (χ2v) is 4.78. The standard InChI is InChI=1S/C12H18O4/c1-9-13-7-10-11(8-14-9)16-12(15-10)5-3-2-4-6-12/h10-11H,1-8H2. The van der Waals surface area contributed by atoms with Gasteiger partial charge in [-0.25, -0.2) is 0 Å². The van der Waals surface area contributed by atoms with E-state index in [0.717, 1.165) is 12.8 Å². The van der Waals surface area contributed by atoms with Gasteiger partial charge in [-0.15, -0.1) is 0 Å². The molecule has 1 saturated carbocycles. The van der Waals surface area contributed by atoms with Crippen molar-refractivity contribution in [1.82, 2.24) is 0 Å². The highest BCUT2D eigenvalue weighted by molar-refractivity contribution is 4.91. The largest absolute Gasteiger partial charge is 0.463 e. The Labute approximate surface area is 95.5 Å². The van der Waals surface area contributed by atoms with Gasteiger partial charge in [0.1, 0.15) is 25.4 Å². The number of hydrogen-bond acceptors (Lipinski definition) is 4.